The quantitative estimate of drug-likeness (QED) is 0.548. The Morgan fingerprint density at radius 2 is 1.97 bits per heavy atom. The molecule has 1 aromatic carbocycles. The molecule has 0 saturated carbocycles. The summed E-state index contributed by atoms with van der Waals surface area (Å²) in [5.41, 5.74) is 3.79. The predicted molar refractivity (Wildman–Crippen MR) is 116 cm³/mol. The van der Waals surface area contributed by atoms with Gasteiger partial charge < -0.3 is 18.9 Å². The van der Waals surface area contributed by atoms with E-state index >= 15 is 0 Å². The molecule has 0 amide bonds. The first-order chi connectivity index (χ1) is 15.2. The van der Waals surface area contributed by atoms with Gasteiger partial charge in [-0.05, 0) is 49.2 Å². The molecular formula is C24H27N3O4. The van der Waals surface area contributed by atoms with Gasteiger partial charge in [-0.15, -0.1) is 0 Å². The van der Waals surface area contributed by atoms with Crippen LogP contribution in [-0.4, -0.2) is 47.5 Å². The van der Waals surface area contributed by atoms with Gasteiger partial charge in [0.2, 0.25) is 5.88 Å². The fourth-order valence-corrected chi connectivity index (χ4v) is 3.28. The van der Waals surface area contributed by atoms with Crippen LogP contribution in [0, 0.1) is 6.92 Å². The van der Waals surface area contributed by atoms with E-state index in [1.165, 1.54) is 0 Å². The number of aryl methyl sites for hydroxylation is 2. The first-order valence-corrected chi connectivity index (χ1v) is 10.5. The van der Waals surface area contributed by atoms with Crippen molar-refractivity contribution in [1.82, 2.24) is 15.0 Å². The lowest BCUT2D eigenvalue weighted by Gasteiger charge is -2.22. The number of pyridine rings is 1. The molecule has 0 bridgehead atoms. The third-order valence-corrected chi connectivity index (χ3v) is 4.97. The SMILES string of the molecule is CCc1cc(OCC2COCCO2)nc(-c2ccc(OCc3ccccn3)cc2C)n1. The summed E-state index contributed by atoms with van der Waals surface area (Å²) in [5, 5.41) is 0. The minimum absolute atomic E-state index is 0.0745. The molecule has 7 heteroatoms. The molecule has 1 unspecified atom stereocenters. The highest BCUT2D eigenvalue weighted by Gasteiger charge is 2.16. The summed E-state index contributed by atoms with van der Waals surface area (Å²) in [5.74, 6) is 1.97. The molecule has 3 heterocycles. The molecule has 1 aliphatic heterocycles. The van der Waals surface area contributed by atoms with Crippen molar-refractivity contribution in [2.45, 2.75) is 33.0 Å². The van der Waals surface area contributed by atoms with Crippen molar-refractivity contribution < 1.29 is 18.9 Å². The maximum Gasteiger partial charge on any atom is 0.217 e. The minimum atomic E-state index is -0.0745. The van der Waals surface area contributed by atoms with Gasteiger partial charge >= 0.3 is 0 Å². The van der Waals surface area contributed by atoms with Crippen molar-refractivity contribution in [3.05, 3.63) is 65.6 Å². The summed E-state index contributed by atoms with van der Waals surface area (Å²) < 4.78 is 22.9. The van der Waals surface area contributed by atoms with Gasteiger partial charge in [0.25, 0.3) is 0 Å². The standard InChI is InChI=1S/C24H27N3O4/c1-3-18-13-23(31-16-21-15-28-10-11-29-21)27-24(26-18)22-8-7-20(12-17(22)2)30-14-19-6-4-5-9-25-19/h4-9,12-13,21H,3,10-11,14-16H2,1-2H3. The summed E-state index contributed by atoms with van der Waals surface area (Å²) in [4.78, 5) is 13.6. The molecule has 2 aromatic heterocycles. The zero-order valence-electron chi connectivity index (χ0n) is 17.9. The normalized spacial score (nSPS) is 16.1. The summed E-state index contributed by atoms with van der Waals surface area (Å²) in [6.45, 7) is 6.68. The Balaban J connectivity index is 1.48. The lowest BCUT2D eigenvalue weighted by atomic mass is 10.1. The molecule has 1 saturated heterocycles. The van der Waals surface area contributed by atoms with Gasteiger partial charge in [0, 0.05) is 23.5 Å². The van der Waals surface area contributed by atoms with Crippen LogP contribution in [0.1, 0.15) is 23.9 Å². The Morgan fingerprint density at radius 3 is 2.71 bits per heavy atom. The molecular weight excluding hydrogens is 394 g/mol. The van der Waals surface area contributed by atoms with Crippen LogP contribution in [-0.2, 0) is 22.5 Å². The highest BCUT2D eigenvalue weighted by atomic mass is 16.6. The van der Waals surface area contributed by atoms with E-state index in [0.29, 0.717) is 44.7 Å². The summed E-state index contributed by atoms with van der Waals surface area (Å²) in [7, 11) is 0. The third-order valence-electron chi connectivity index (χ3n) is 4.97. The molecule has 7 nitrogen and oxygen atoms in total. The van der Waals surface area contributed by atoms with Crippen LogP contribution in [0.25, 0.3) is 11.4 Å². The third kappa shape index (κ3) is 5.77. The first-order valence-electron chi connectivity index (χ1n) is 10.5. The number of ether oxygens (including phenoxy) is 4. The van der Waals surface area contributed by atoms with E-state index in [4.69, 9.17) is 23.9 Å². The number of benzene rings is 1. The molecule has 3 aromatic rings. The fourth-order valence-electron chi connectivity index (χ4n) is 3.28. The molecule has 162 valence electrons. The van der Waals surface area contributed by atoms with E-state index in [1.807, 2.05) is 49.4 Å². The summed E-state index contributed by atoms with van der Waals surface area (Å²) in [6.07, 6.45) is 2.48. The lowest BCUT2D eigenvalue weighted by Crippen LogP contribution is -2.33. The zero-order chi connectivity index (χ0) is 21.5. The fraction of sp³-hybridized carbons (Fsp3) is 0.375. The Hall–Kier alpha value is -3.03. The summed E-state index contributed by atoms with van der Waals surface area (Å²) >= 11 is 0. The van der Waals surface area contributed by atoms with Crippen molar-refractivity contribution in [2.75, 3.05) is 26.4 Å². The molecule has 0 spiro atoms. The van der Waals surface area contributed by atoms with Gasteiger partial charge in [-0.3, -0.25) is 4.98 Å². The average Bonchev–Trinajstić information content (AvgIpc) is 2.82. The van der Waals surface area contributed by atoms with E-state index < -0.39 is 0 Å². The highest BCUT2D eigenvalue weighted by Crippen LogP contribution is 2.27. The highest BCUT2D eigenvalue weighted by molar-refractivity contribution is 5.62. The van der Waals surface area contributed by atoms with Gasteiger partial charge in [0.05, 0.1) is 25.5 Å². The van der Waals surface area contributed by atoms with Crippen LogP contribution < -0.4 is 9.47 Å². The first kappa shape index (κ1) is 21.2. The van der Waals surface area contributed by atoms with Gasteiger partial charge in [0.1, 0.15) is 25.1 Å². The number of aromatic nitrogens is 3. The number of hydrogen-bond acceptors (Lipinski definition) is 7. The van der Waals surface area contributed by atoms with Crippen molar-refractivity contribution >= 4 is 0 Å². The smallest absolute Gasteiger partial charge is 0.217 e. The second kappa shape index (κ2) is 10.3. The van der Waals surface area contributed by atoms with Gasteiger partial charge in [0.15, 0.2) is 5.82 Å². The maximum atomic E-state index is 5.91. The van der Waals surface area contributed by atoms with Crippen LogP contribution in [0.5, 0.6) is 11.6 Å². The van der Waals surface area contributed by atoms with Crippen molar-refractivity contribution in [2.24, 2.45) is 0 Å². The Labute approximate surface area is 182 Å². The number of hydrogen-bond donors (Lipinski definition) is 0. The number of nitrogens with zero attached hydrogens (tertiary/aromatic N) is 3. The Bertz CT molecular complexity index is 991. The molecule has 1 atom stereocenters. The minimum Gasteiger partial charge on any atom is -0.487 e. The average molecular weight is 421 g/mol. The zero-order valence-corrected chi connectivity index (χ0v) is 17.9. The molecule has 0 radical (unpaired) electrons. The van der Waals surface area contributed by atoms with E-state index in [9.17, 15) is 0 Å². The molecule has 31 heavy (non-hydrogen) atoms. The van der Waals surface area contributed by atoms with Gasteiger partial charge in [-0.1, -0.05) is 13.0 Å². The van der Waals surface area contributed by atoms with Crippen molar-refractivity contribution in [3.63, 3.8) is 0 Å². The van der Waals surface area contributed by atoms with Crippen molar-refractivity contribution in [1.29, 1.82) is 0 Å². The van der Waals surface area contributed by atoms with Crippen LogP contribution in [0.3, 0.4) is 0 Å². The van der Waals surface area contributed by atoms with E-state index in [0.717, 1.165) is 34.7 Å². The van der Waals surface area contributed by atoms with E-state index in [2.05, 4.69) is 16.9 Å². The van der Waals surface area contributed by atoms with E-state index in [1.54, 1.807) is 6.20 Å². The second-order valence-electron chi connectivity index (χ2n) is 7.34. The van der Waals surface area contributed by atoms with Crippen LogP contribution in [0.4, 0.5) is 0 Å². The monoisotopic (exact) mass is 421 g/mol. The van der Waals surface area contributed by atoms with Gasteiger partial charge in [-0.25, -0.2) is 4.98 Å². The largest absolute Gasteiger partial charge is 0.487 e. The molecule has 1 aliphatic rings. The molecule has 0 N–H and O–H groups in total. The maximum absolute atomic E-state index is 5.91. The molecule has 0 aliphatic carbocycles. The number of rotatable bonds is 8. The Morgan fingerprint density at radius 1 is 1.03 bits per heavy atom. The molecule has 4 rings (SSSR count). The van der Waals surface area contributed by atoms with Crippen LogP contribution >= 0.6 is 0 Å². The Kier molecular flexibility index (Phi) is 7.07. The van der Waals surface area contributed by atoms with Crippen molar-refractivity contribution in [3.8, 4) is 23.0 Å². The van der Waals surface area contributed by atoms with Gasteiger partial charge in [-0.2, -0.15) is 4.98 Å². The predicted octanol–water partition coefficient (Wildman–Crippen LogP) is 3.78. The molecule has 1 fully saturated rings. The topological polar surface area (TPSA) is 75.6 Å². The van der Waals surface area contributed by atoms with E-state index in [-0.39, 0.29) is 6.10 Å². The van der Waals surface area contributed by atoms with Crippen LogP contribution in [0.2, 0.25) is 0 Å². The van der Waals surface area contributed by atoms with Crippen LogP contribution in [0.15, 0.2) is 48.7 Å². The second-order valence-corrected chi connectivity index (χ2v) is 7.34. The lowest BCUT2D eigenvalue weighted by molar-refractivity contribution is -0.102. The summed E-state index contributed by atoms with van der Waals surface area (Å²) in [6, 6.07) is 13.6.